The maximum absolute atomic E-state index is 11.5. The highest BCUT2D eigenvalue weighted by atomic mass is 16.5. The van der Waals surface area contributed by atoms with E-state index in [2.05, 4.69) is 24.1 Å². The summed E-state index contributed by atoms with van der Waals surface area (Å²) in [6, 6.07) is 7.91. The summed E-state index contributed by atoms with van der Waals surface area (Å²) < 4.78 is 4.86. The summed E-state index contributed by atoms with van der Waals surface area (Å²) >= 11 is 0. The molecule has 0 spiro atoms. The maximum Gasteiger partial charge on any atom is 0.226 e. The van der Waals surface area contributed by atoms with E-state index in [0.29, 0.717) is 13.0 Å². The summed E-state index contributed by atoms with van der Waals surface area (Å²) in [6.07, 6.45) is 0.383. The smallest absolute Gasteiger partial charge is 0.226 e. The van der Waals surface area contributed by atoms with Crippen LogP contribution in [0.3, 0.4) is 0 Å². The SMILES string of the molecule is CCN(CC)c1ccc(NC(=O)CCOC)cc1. The quantitative estimate of drug-likeness (QED) is 0.808. The number of nitrogens with zero attached hydrogens (tertiary/aromatic N) is 1. The Morgan fingerprint density at radius 1 is 1.22 bits per heavy atom. The lowest BCUT2D eigenvalue weighted by Crippen LogP contribution is -2.21. The van der Waals surface area contributed by atoms with E-state index >= 15 is 0 Å². The molecule has 0 saturated carbocycles. The molecule has 100 valence electrons. The van der Waals surface area contributed by atoms with Gasteiger partial charge in [0.1, 0.15) is 0 Å². The molecule has 18 heavy (non-hydrogen) atoms. The van der Waals surface area contributed by atoms with Gasteiger partial charge in [-0.15, -0.1) is 0 Å². The summed E-state index contributed by atoms with van der Waals surface area (Å²) in [4.78, 5) is 13.8. The van der Waals surface area contributed by atoms with Gasteiger partial charge in [0, 0.05) is 31.6 Å². The lowest BCUT2D eigenvalue weighted by Gasteiger charge is -2.21. The van der Waals surface area contributed by atoms with Crippen molar-refractivity contribution < 1.29 is 9.53 Å². The van der Waals surface area contributed by atoms with Gasteiger partial charge >= 0.3 is 0 Å². The Morgan fingerprint density at radius 2 is 1.83 bits per heavy atom. The second-order valence-corrected chi connectivity index (χ2v) is 4.01. The first kappa shape index (κ1) is 14.5. The van der Waals surface area contributed by atoms with Crippen LogP contribution in [0.25, 0.3) is 0 Å². The molecular weight excluding hydrogens is 228 g/mol. The van der Waals surface area contributed by atoms with Gasteiger partial charge in [-0.3, -0.25) is 4.79 Å². The van der Waals surface area contributed by atoms with Crippen molar-refractivity contribution >= 4 is 17.3 Å². The normalized spacial score (nSPS) is 10.2. The summed E-state index contributed by atoms with van der Waals surface area (Å²) in [5, 5.41) is 2.84. The number of carbonyl (C=O) groups is 1. The van der Waals surface area contributed by atoms with Crippen molar-refractivity contribution in [1.82, 2.24) is 0 Å². The van der Waals surface area contributed by atoms with E-state index in [1.54, 1.807) is 7.11 Å². The van der Waals surface area contributed by atoms with Crippen molar-refractivity contribution in [2.24, 2.45) is 0 Å². The van der Waals surface area contributed by atoms with Crippen LogP contribution in [0.1, 0.15) is 20.3 Å². The molecular formula is C14H22N2O2. The molecule has 1 amide bonds. The van der Waals surface area contributed by atoms with Crippen LogP contribution in [-0.2, 0) is 9.53 Å². The summed E-state index contributed by atoms with van der Waals surface area (Å²) in [6.45, 7) is 6.67. The van der Waals surface area contributed by atoms with E-state index in [0.717, 1.165) is 18.8 Å². The highest BCUT2D eigenvalue weighted by molar-refractivity contribution is 5.90. The van der Waals surface area contributed by atoms with Crippen LogP contribution in [-0.4, -0.2) is 32.7 Å². The molecule has 0 unspecified atom stereocenters. The fourth-order valence-electron chi connectivity index (χ4n) is 1.76. The Bertz CT molecular complexity index is 359. The van der Waals surface area contributed by atoms with E-state index in [-0.39, 0.29) is 5.91 Å². The first-order chi connectivity index (χ1) is 8.71. The van der Waals surface area contributed by atoms with E-state index in [4.69, 9.17) is 4.74 Å². The minimum atomic E-state index is -0.0209. The molecule has 4 heteroatoms. The molecule has 1 N–H and O–H groups in total. The molecule has 1 aromatic rings. The lowest BCUT2D eigenvalue weighted by atomic mass is 10.2. The number of carbonyl (C=O) groups excluding carboxylic acids is 1. The van der Waals surface area contributed by atoms with Crippen LogP contribution in [0, 0.1) is 0 Å². The van der Waals surface area contributed by atoms with Gasteiger partial charge in [0.25, 0.3) is 0 Å². The highest BCUT2D eigenvalue weighted by Crippen LogP contribution is 2.17. The van der Waals surface area contributed by atoms with Crippen molar-refractivity contribution in [3.05, 3.63) is 24.3 Å². The van der Waals surface area contributed by atoms with E-state index in [1.807, 2.05) is 24.3 Å². The molecule has 0 atom stereocenters. The predicted molar refractivity (Wildman–Crippen MR) is 75.1 cm³/mol. The number of rotatable bonds is 7. The standard InChI is InChI=1S/C14H22N2O2/c1-4-16(5-2)13-8-6-12(7-9-13)15-14(17)10-11-18-3/h6-9H,4-5,10-11H2,1-3H3,(H,15,17). The zero-order valence-corrected chi connectivity index (χ0v) is 11.4. The predicted octanol–water partition coefficient (Wildman–Crippen LogP) is 2.51. The molecule has 0 aromatic heterocycles. The maximum atomic E-state index is 11.5. The second-order valence-electron chi connectivity index (χ2n) is 4.01. The van der Waals surface area contributed by atoms with Gasteiger partial charge in [-0.25, -0.2) is 0 Å². The van der Waals surface area contributed by atoms with Gasteiger partial charge in [-0.2, -0.15) is 0 Å². The van der Waals surface area contributed by atoms with Crippen molar-refractivity contribution in [2.45, 2.75) is 20.3 Å². The first-order valence-electron chi connectivity index (χ1n) is 6.35. The van der Waals surface area contributed by atoms with Crippen molar-refractivity contribution in [2.75, 3.05) is 37.0 Å². The van der Waals surface area contributed by atoms with Crippen LogP contribution in [0.5, 0.6) is 0 Å². The Labute approximate surface area is 109 Å². The number of ether oxygens (including phenoxy) is 1. The number of hydrogen-bond donors (Lipinski definition) is 1. The summed E-state index contributed by atoms with van der Waals surface area (Å²) in [7, 11) is 1.59. The summed E-state index contributed by atoms with van der Waals surface area (Å²) in [5.74, 6) is -0.0209. The Hall–Kier alpha value is -1.55. The number of methoxy groups -OCH3 is 1. The van der Waals surface area contributed by atoms with Gasteiger partial charge in [-0.1, -0.05) is 0 Å². The van der Waals surface area contributed by atoms with Gasteiger partial charge in [-0.05, 0) is 38.1 Å². The molecule has 4 nitrogen and oxygen atoms in total. The van der Waals surface area contributed by atoms with Crippen molar-refractivity contribution in [1.29, 1.82) is 0 Å². The van der Waals surface area contributed by atoms with Gasteiger partial charge < -0.3 is 15.0 Å². The van der Waals surface area contributed by atoms with Crippen molar-refractivity contribution in [3.8, 4) is 0 Å². The fourth-order valence-corrected chi connectivity index (χ4v) is 1.76. The molecule has 0 bridgehead atoms. The third kappa shape index (κ3) is 4.37. The number of anilines is 2. The van der Waals surface area contributed by atoms with Crippen LogP contribution < -0.4 is 10.2 Å². The Kier molecular flexibility index (Phi) is 6.22. The number of hydrogen-bond acceptors (Lipinski definition) is 3. The number of nitrogens with one attached hydrogen (secondary N) is 1. The monoisotopic (exact) mass is 250 g/mol. The Balaban J connectivity index is 2.57. The minimum Gasteiger partial charge on any atom is -0.384 e. The molecule has 0 radical (unpaired) electrons. The zero-order chi connectivity index (χ0) is 13.4. The van der Waals surface area contributed by atoms with Gasteiger partial charge in [0.15, 0.2) is 0 Å². The second kappa shape index (κ2) is 7.71. The zero-order valence-electron chi connectivity index (χ0n) is 11.4. The molecule has 0 aliphatic heterocycles. The molecule has 0 heterocycles. The van der Waals surface area contributed by atoms with Crippen LogP contribution in [0.4, 0.5) is 11.4 Å². The molecule has 0 saturated heterocycles. The van der Waals surface area contributed by atoms with Crippen LogP contribution in [0.2, 0.25) is 0 Å². The highest BCUT2D eigenvalue weighted by Gasteiger charge is 2.04. The summed E-state index contributed by atoms with van der Waals surface area (Å²) in [5.41, 5.74) is 2.00. The number of amides is 1. The first-order valence-corrected chi connectivity index (χ1v) is 6.35. The third-order valence-corrected chi connectivity index (χ3v) is 2.81. The molecule has 1 rings (SSSR count). The average Bonchev–Trinajstić information content (AvgIpc) is 2.40. The van der Waals surface area contributed by atoms with Gasteiger partial charge in [0.2, 0.25) is 5.91 Å². The van der Waals surface area contributed by atoms with Crippen LogP contribution in [0.15, 0.2) is 24.3 Å². The van der Waals surface area contributed by atoms with E-state index in [9.17, 15) is 4.79 Å². The van der Waals surface area contributed by atoms with E-state index in [1.165, 1.54) is 5.69 Å². The minimum absolute atomic E-state index is 0.0209. The average molecular weight is 250 g/mol. The largest absolute Gasteiger partial charge is 0.384 e. The molecule has 1 aromatic carbocycles. The molecule has 0 fully saturated rings. The molecule has 0 aliphatic rings. The fraction of sp³-hybridized carbons (Fsp3) is 0.500. The lowest BCUT2D eigenvalue weighted by molar-refractivity contribution is -0.117. The Morgan fingerprint density at radius 3 is 2.33 bits per heavy atom. The third-order valence-electron chi connectivity index (χ3n) is 2.81. The van der Waals surface area contributed by atoms with E-state index < -0.39 is 0 Å². The van der Waals surface area contributed by atoms with Gasteiger partial charge in [0.05, 0.1) is 13.0 Å². The van der Waals surface area contributed by atoms with Crippen molar-refractivity contribution in [3.63, 3.8) is 0 Å². The topological polar surface area (TPSA) is 41.6 Å². The van der Waals surface area contributed by atoms with Crippen LogP contribution >= 0.6 is 0 Å². The number of benzene rings is 1. The molecule has 0 aliphatic carbocycles.